The van der Waals surface area contributed by atoms with Crippen LogP contribution < -0.4 is 9.80 Å². The summed E-state index contributed by atoms with van der Waals surface area (Å²) >= 11 is 12.7. The van der Waals surface area contributed by atoms with Crippen LogP contribution in [0.4, 0.5) is 11.4 Å². The highest BCUT2D eigenvalue weighted by atomic mass is 35.5. The Labute approximate surface area is 202 Å². The van der Waals surface area contributed by atoms with E-state index < -0.39 is 0 Å². The molecule has 2 heterocycles. The molecule has 170 valence electrons. The maximum atomic E-state index is 6.36. The van der Waals surface area contributed by atoms with Gasteiger partial charge in [-0.15, -0.1) is 0 Å². The summed E-state index contributed by atoms with van der Waals surface area (Å²) in [5.41, 5.74) is 2.14. The van der Waals surface area contributed by atoms with Gasteiger partial charge < -0.3 is 9.80 Å². The van der Waals surface area contributed by atoms with Crippen molar-refractivity contribution in [1.82, 2.24) is 0 Å². The molecule has 0 unspecified atom stereocenters. The van der Waals surface area contributed by atoms with Crippen LogP contribution in [0.1, 0.15) is 41.5 Å². The van der Waals surface area contributed by atoms with Crippen LogP contribution >= 0.6 is 23.2 Å². The van der Waals surface area contributed by atoms with Gasteiger partial charge in [0.25, 0.3) is 0 Å². The van der Waals surface area contributed by atoms with Crippen LogP contribution in [0.5, 0.6) is 0 Å². The number of anilines is 2. The van der Waals surface area contributed by atoms with E-state index in [1.165, 1.54) is 0 Å². The molecule has 0 radical (unpaired) electrons. The summed E-state index contributed by atoms with van der Waals surface area (Å²) in [5.74, 6) is 1.80. The van der Waals surface area contributed by atoms with Gasteiger partial charge in [0.1, 0.15) is 0 Å². The van der Waals surface area contributed by atoms with Gasteiger partial charge in [-0.2, -0.15) is 0 Å². The number of aliphatic imine (C=N–C) groups is 2. The van der Waals surface area contributed by atoms with E-state index in [0.717, 1.165) is 36.1 Å². The van der Waals surface area contributed by atoms with Crippen molar-refractivity contribution in [3.63, 3.8) is 0 Å². The summed E-state index contributed by atoms with van der Waals surface area (Å²) in [5, 5.41) is 1.43. The summed E-state index contributed by atoms with van der Waals surface area (Å²) in [7, 11) is 0. The second-order valence-corrected chi connectivity index (χ2v) is 11.7. The lowest BCUT2D eigenvalue weighted by molar-refractivity contribution is 0.337. The highest BCUT2D eigenvalue weighted by Gasteiger charge is 2.42. The lowest BCUT2D eigenvalue weighted by Crippen LogP contribution is -2.43. The summed E-state index contributed by atoms with van der Waals surface area (Å²) in [6, 6.07) is 16.3. The van der Waals surface area contributed by atoms with Gasteiger partial charge in [0.2, 0.25) is 0 Å². The Morgan fingerprint density at radius 3 is 1.38 bits per heavy atom. The van der Waals surface area contributed by atoms with E-state index in [-0.39, 0.29) is 22.9 Å². The van der Waals surface area contributed by atoms with Crippen molar-refractivity contribution in [2.24, 2.45) is 20.8 Å². The number of nitrogens with zero attached hydrogens (tertiary/aromatic N) is 4. The predicted octanol–water partition coefficient (Wildman–Crippen LogP) is 6.96. The summed E-state index contributed by atoms with van der Waals surface area (Å²) in [4.78, 5) is 15.0. The Balaban J connectivity index is 1.83. The third-order valence-electron chi connectivity index (χ3n) is 6.22. The monoisotopic (exact) mass is 470 g/mol. The molecule has 0 saturated carbocycles. The fraction of sp³-hybridized carbons (Fsp3) is 0.462. The van der Waals surface area contributed by atoms with Crippen molar-refractivity contribution in [2.45, 2.75) is 53.6 Å². The third-order valence-corrected chi connectivity index (χ3v) is 6.69. The van der Waals surface area contributed by atoms with Gasteiger partial charge in [0, 0.05) is 34.5 Å². The topological polar surface area (TPSA) is 31.2 Å². The van der Waals surface area contributed by atoms with Crippen LogP contribution in [-0.2, 0) is 0 Å². The van der Waals surface area contributed by atoms with Gasteiger partial charge in [0.05, 0.1) is 12.1 Å². The number of amidine groups is 2. The van der Waals surface area contributed by atoms with E-state index >= 15 is 0 Å². The predicted molar refractivity (Wildman–Crippen MR) is 139 cm³/mol. The molecule has 4 rings (SSSR count). The molecule has 0 aliphatic carbocycles. The Morgan fingerprint density at radius 1 is 0.688 bits per heavy atom. The van der Waals surface area contributed by atoms with Crippen molar-refractivity contribution in [1.29, 1.82) is 0 Å². The molecule has 0 amide bonds. The molecule has 0 bridgehead atoms. The highest BCUT2D eigenvalue weighted by molar-refractivity contribution is 6.50. The van der Waals surface area contributed by atoms with E-state index in [4.69, 9.17) is 33.2 Å². The van der Waals surface area contributed by atoms with Gasteiger partial charge in [-0.25, -0.2) is 0 Å². The van der Waals surface area contributed by atoms with Crippen molar-refractivity contribution >= 4 is 46.2 Å². The van der Waals surface area contributed by atoms with Crippen molar-refractivity contribution in [2.75, 3.05) is 22.9 Å². The highest BCUT2D eigenvalue weighted by Crippen LogP contribution is 2.36. The third kappa shape index (κ3) is 4.67. The number of rotatable bonds is 3. The molecule has 0 aromatic heterocycles. The number of hydrogen-bond donors (Lipinski definition) is 0. The maximum Gasteiger partial charge on any atom is 0.172 e. The normalized spacial score (nSPS) is 21.8. The lowest BCUT2D eigenvalue weighted by atomic mass is 9.87. The first kappa shape index (κ1) is 23.1. The summed E-state index contributed by atoms with van der Waals surface area (Å²) in [6.45, 7) is 15.0. The molecule has 6 heteroatoms. The average Bonchev–Trinajstić information content (AvgIpc) is 3.32. The molecule has 0 fully saturated rings. The SMILES string of the molecule is CC(C)(C)[C@H]1CN(c2cccc(Cl)c2)C(C2=N[C@@H](C(C)(C)C)CN2c2cccc(Cl)c2)=N1. The first-order valence-electron chi connectivity index (χ1n) is 11.2. The van der Waals surface area contributed by atoms with Gasteiger partial charge in [-0.05, 0) is 47.2 Å². The van der Waals surface area contributed by atoms with Gasteiger partial charge in [0.15, 0.2) is 11.7 Å². The number of hydrogen-bond acceptors (Lipinski definition) is 4. The number of benzene rings is 2. The van der Waals surface area contributed by atoms with Crippen LogP contribution in [0.25, 0.3) is 0 Å². The maximum absolute atomic E-state index is 6.36. The fourth-order valence-corrected chi connectivity index (χ4v) is 4.44. The minimum atomic E-state index is 0.0298. The quantitative estimate of drug-likeness (QED) is 0.485. The van der Waals surface area contributed by atoms with Gasteiger partial charge >= 0.3 is 0 Å². The second kappa shape index (κ2) is 8.39. The molecule has 2 aromatic rings. The van der Waals surface area contributed by atoms with Crippen molar-refractivity contribution in [3.8, 4) is 0 Å². The minimum absolute atomic E-state index is 0.0298. The van der Waals surface area contributed by atoms with E-state index in [2.05, 4.69) is 63.5 Å². The fourth-order valence-electron chi connectivity index (χ4n) is 4.07. The minimum Gasteiger partial charge on any atom is -0.321 e. The van der Waals surface area contributed by atoms with Crippen LogP contribution in [0.3, 0.4) is 0 Å². The van der Waals surface area contributed by atoms with Gasteiger partial charge in [-0.1, -0.05) is 76.9 Å². The van der Waals surface area contributed by atoms with Crippen LogP contribution in [-0.4, -0.2) is 36.8 Å². The van der Waals surface area contributed by atoms with Crippen molar-refractivity contribution < 1.29 is 0 Å². The van der Waals surface area contributed by atoms with E-state index in [9.17, 15) is 0 Å². The second-order valence-electron chi connectivity index (χ2n) is 10.9. The molecular formula is C26H32Cl2N4. The zero-order valence-corrected chi connectivity index (χ0v) is 21.2. The number of halogens is 2. The molecule has 4 nitrogen and oxygen atoms in total. The summed E-state index contributed by atoms with van der Waals surface area (Å²) < 4.78 is 0. The summed E-state index contributed by atoms with van der Waals surface area (Å²) in [6.07, 6.45) is 0. The zero-order chi connectivity index (χ0) is 23.3. The average molecular weight is 471 g/mol. The Hall–Kier alpha value is -2.04. The molecule has 2 aromatic carbocycles. The molecule has 0 spiro atoms. The van der Waals surface area contributed by atoms with Crippen LogP contribution in [0.15, 0.2) is 58.5 Å². The standard InChI is InChI=1S/C26H32Cl2N4/c1-25(2,3)21-15-31(19-11-7-9-17(27)13-19)23(29-21)24-30-22(26(4,5)6)16-32(24)20-12-8-10-18(28)14-20/h7-14,21-22H,15-16H2,1-6H3/t21-,22-/m1/s1. The van der Waals surface area contributed by atoms with Crippen LogP contribution in [0, 0.1) is 10.8 Å². The molecular weight excluding hydrogens is 439 g/mol. The molecule has 2 aliphatic rings. The van der Waals surface area contributed by atoms with E-state index in [1.54, 1.807) is 0 Å². The Kier molecular flexibility index (Phi) is 6.06. The van der Waals surface area contributed by atoms with E-state index in [1.807, 2.05) is 36.4 Å². The Morgan fingerprint density at radius 2 is 1.06 bits per heavy atom. The first-order valence-corrected chi connectivity index (χ1v) is 11.9. The molecule has 2 aliphatic heterocycles. The molecule has 0 saturated heterocycles. The van der Waals surface area contributed by atoms with Crippen LogP contribution in [0.2, 0.25) is 10.0 Å². The molecule has 32 heavy (non-hydrogen) atoms. The molecule has 2 atom stereocenters. The van der Waals surface area contributed by atoms with Crippen molar-refractivity contribution in [3.05, 3.63) is 58.6 Å². The van der Waals surface area contributed by atoms with Gasteiger partial charge in [-0.3, -0.25) is 9.98 Å². The Bertz CT molecular complexity index is 976. The van der Waals surface area contributed by atoms with E-state index in [0.29, 0.717) is 10.0 Å². The smallest absolute Gasteiger partial charge is 0.172 e. The largest absolute Gasteiger partial charge is 0.321 e. The lowest BCUT2D eigenvalue weighted by Gasteiger charge is -2.28. The molecule has 0 N–H and O–H groups in total. The zero-order valence-electron chi connectivity index (χ0n) is 19.7. The first-order chi connectivity index (χ1) is 14.9.